The van der Waals surface area contributed by atoms with Crippen LogP contribution in [0.1, 0.15) is 66.8 Å². The van der Waals surface area contributed by atoms with Gasteiger partial charge in [0.2, 0.25) is 0 Å². The van der Waals surface area contributed by atoms with E-state index in [2.05, 4.69) is 168 Å². The summed E-state index contributed by atoms with van der Waals surface area (Å²) in [5, 5.41) is 0. The molecule has 0 bridgehead atoms. The third-order valence-electron chi connectivity index (χ3n) is 10.2. The molecule has 0 saturated heterocycles. The monoisotopic (exact) mass is 700 g/mol. The van der Waals surface area contributed by atoms with Crippen LogP contribution >= 0.6 is 0 Å². The van der Waals surface area contributed by atoms with Crippen molar-refractivity contribution in [3.05, 3.63) is 152 Å². The SMILES string of the molecule is Cc1cc(C)c(-c2cccc(-c3c(C)cc(C)cc3C)[c]2[Ge][c]2c(-c3c(C)cc(C)cc3C)cccc2-c2c(C)cc(C)cc2C)c(C)c1. The van der Waals surface area contributed by atoms with Crippen molar-refractivity contribution in [2.24, 2.45) is 0 Å². The van der Waals surface area contributed by atoms with Crippen LogP contribution < -0.4 is 8.79 Å². The molecule has 0 heterocycles. The van der Waals surface area contributed by atoms with E-state index in [1.165, 1.54) is 120 Å². The fourth-order valence-corrected chi connectivity index (χ4v) is 12.2. The third-order valence-corrected chi connectivity index (χ3v) is 13.5. The average Bonchev–Trinajstić information content (AvgIpc) is 2.97. The Morgan fingerprint density at radius 1 is 0.286 bits per heavy atom. The Hall–Kier alpha value is -4.14. The summed E-state index contributed by atoms with van der Waals surface area (Å²) in [5.41, 5.74) is 27.2. The van der Waals surface area contributed by atoms with Gasteiger partial charge in [0, 0.05) is 0 Å². The number of aryl methyl sites for hydroxylation is 12. The van der Waals surface area contributed by atoms with Crippen LogP contribution in [0.3, 0.4) is 0 Å². The van der Waals surface area contributed by atoms with Gasteiger partial charge in [-0.25, -0.2) is 0 Å². The minimum atomic E-state index is -0.901. The molecule has 0 atom stereocenters. The van der Waals surface area contributed by atoms with Crippen LogP contribution in [0.25, 0.3) is 44.5 Å². The Labute approximate surface area is 302 Å². The van der Waals surface area contributed by atoms with Crippen LogP contribution in [0.2, 0.25) is 0 Å². The van der Waals surface area contributed by atoms with Gasteiger partial charge < -0.3 is 0 Å². The molecule has 0 unspecified atom stereocenters. The standard InChI is InChI=1S/C48H50Ge/c1-27-19-31(5)43(32(6)20-27)39-15-13-16-40(44-33(7)21-28(2)22-34(44)8)47(39)49-48-41(45-35(9)23-29(3)24-36(45)10)17-14-18-42(48)46-37(11)25-30(4)26-38(46)12/h13-26H,1-12H3. The number of hydrogen-bond donors (Lipinski definition) is 0. The molecular formula is C48H50Ge. The zero-order valence-electron chi connectivity index (χ0n) is 31.6. The van der Waals surface area contributed by atoms with E-state index in [9.17, 15) is 0 Å². The fraction of sp³-hybridized carbons (Fsp3) is 0.250. The van der Waals surface area contributed by atoms with Crippen molar-refractivity contribution in [2.45, 2.75) is 83.1 Å². The van der Waals surface area contributed by atoms with Gasteiger partial charge in [-0.1, -0.05) is 0 Å². The van der Waals surface area contributed by atoms with Crippen LogP contribution in [-0.4, -0.2) is 15.4 Å². The minimum absolute atomic E-state index is 0.901. The van der Waals surface area contributed by atoms with Crippen molar-refractivity contribution >= 4 is 24.2 Å². The van der Waals surface area contributed by atoms with Gasteiger partial charge in [0.1, 0.15) is 0 Å². The van der Waals surface area contributed by atoms with Crippen molar-refractivity contribution in [3.8, 4) is 44.5 Å². The third kappa shape index (κ3) is 6.61. The molecule has 0 fully saturated rings. The molecule has 0 spiro atoms. The fourth-order valence-electron chi connectivity index (χ4n) is 8.75. The van der Waals surface area contributed by atoms with E-state index in [0.29, 0.717) is 0 Å². The van der Waals surface area contributed by atoms with Crippen LogP contribution in [-0.2, 0) is 0 Å². The molecule has 0 N–H and O–H groups in total. The van der Waals surface area contributed by atoms with Gasteiger partial charge in [0.05, 0.1) is 0 Å². The van der Waals surface area contributed by atoms with Gasteiger partial charge in [-0.3, -0.25) is 0 Å². The predicted molar refractivity (Wildman–Crippen MR) is 216 cm³/mol. The van der Waals surface area contributed by atoms with Crippen molar-refractivity contribution in [1.82, 2.24) is 0 Å². The van der Waals surface area contributed by atoms with E-state index < -0.39 is 15.4 Å². The Bertz CT molecular complexity index is 1860. The molecule has 0 saturated carbocycles. The zero-order valence-corrected chi connectivity index (χ0v) is 33.7. The molecule has 246 valence electrons. The summed E-state index contributed by atoms with van der Waals surface area (Å²) < 4.78 is 3.04. The molecule has 1 heteroatoms. The van der Waals surface area contributed by atoms with E-state index in [0.717, 1.165) is 0 Å². The molecular weight excluding hydrogens is 649 g/mol. The Morgan fingerprint density at radius 2 is 0.469 bits per heavy atom. The molecule has 0 aliphatic rings. The maximum absolute atomic E-state index is 2.40. The van der Waals surface area contributed by atoms with Crippen LogP contribution in [0.4, 0.5) is 0 Å². The van der Waals surface area contributed by atoms with E-state index >= 15 is 0 Å². The first kappa shape index (κ1) is 34.7. The van der Waals surface area contributed by atoms with Crippen LogP contribution in [0.5, 0.6) is 0 Å². The molecule has 0 nitrogen and oxygen atoms in total. The van der Waals surface area contributed by atoms with Crippen molar-refractivity contribution < 1.29 is 0 Å². The Morgan fingerprint density at radius 3 is 0.653 bits per heavy atom. The molecule has 0 aliphatic heterocycles. The van der Waals surface area contributed by atoms with Crippen molar-refractivity contribution in [2.75, 3.05) is 0 Å². The topological polar surface area (TPSA) is 0 Å². The first-order chi connectivity index (χ1) is 23.2. The summed E-state index contributed by atoms with van der Waals surface area (Å²) in [5.74, 6) is 0. The van der Waals surface area contributed by atoms with Gasteiger partial charge >= 0.3 is 304 Å². The Balaban J connectivity index is 1.76. The van der Waals surface area contributed by atoms with Gasteiger partial charge in [-0.05, 0) is 0 Å². The van der Waals surface area contributed by atoms with E-state index in [1.807, 2.05) is 0 Å². The average molecular weight is 700 g/mol. The second-order valence-corrected chi connectivity index (χ2v) is 17.3. The van der Waals surface area contributed by atoms with Crippen molar-refractivity contribution in [1.29, 1.82) is 0 Å². The quantitative estimate of drug-likeness (QED) is 0.152. The van der Waals surface area contributed by atoms with Gasteiger partial charge in [0.25, 0.3) is 0 Å². The molecule has 6 aromatic carbocycles. The van der Waals surface area contributed by atoms with Crippen LogP contribution in [0, 0.1) is 83.1 Å². The zero-order chi connectivity index (χ0) is 35.3. The maximum atomic E-state index is 2.40. The van der Waals surface area contributed by atoms with Gasteiger partial charge in [0.15, 0.2) is 0 Å². The molecule has 0 amide bonds. The first-order valence-electron chi connectivity index (χ1n) is 17.6. The second kappa shape index (κ2) is 13.6. The van der Waals surface area contributed by atoms with E-state index in [1.54, 1.807) is 0 Å². The number of hydrogen-bond acceptors (Lipinski definition) is 0. The molecule has 6 rings (SSSR count). The summed E-state index contributed by atoms with van der Waals surface area (Å²) in [6, 6.07) is 33.1. The normalized spacial score (nSPS) is 11.3. The molecule has 6 aromatic rings. The summed E-state index contributed by atoms with van der Waals surface area (Å²) in [6.07, 6.45) is 0. The number of rotatable bonds is 6. The molecule has 0 aliphatic carbocycles. The first-order valence-corrected chi connectivity index (χ1v) is 19.7. The molecule has 2 radical (unpaired) electrons. The molecule has 49 heavy (non-hydrogen) atoms. The van der Waals surface area contributed by atoms with Gasteiger partial charge in [-0.15, -0.1) is 0 Å². The molecule has 0 aromatic heterocycles. The predicted octanol–water partition coefficient (Wildman–Crippen LogP) is 11.7. The second-order valence-electron chi connectivity index (χ2n) is 14.7. The van der Waals surface area contributed by atoms with Crippen LogP contribution in [0.15, 0.2) is 84.9 Å². The number of benzene rings is 6. The summed E-state index contributed by atoms with van der Waals surface area (Å²) in [4.78, 5) is 0. The van der Waals surface area contributed by atoms with E-state index in [4.69, 9.17) is 0 Å². The van der Waals surface area contributed by atoms with Crippen molar-refractivity contribution in [3.63, 3.8) is 0 Å². The summed E-state index contributed by atoms with van der Waals surface area (Å²) in [7, 11) is 0. The Kier molecular flexibility index (Phi) is 9.66. The van der Waals surface area contributed by atoms with Gasteiger partial charge in [-0.2, -0.15) is 0 Å². The summed E-state index contributed by atoms with van der Waals surface area (Å²) in [6.45, 7) is 27.2. The summed E-state index contributed by atoms with van der Waals surface area (Å²) >= 11 is -0.901. The van der Waals surface area contributed by atoms with E-state index in [-0.39, 0.29) is 0 Å².